The molecule has 77 heavy (non-hydrogen) atoms. The van der Waals surface area contributed by atoms with Crippen molar-refractivity contribution in [2.45, 2.75) is 26.2 Å². The van der Waals surface area contributed by atoms with Gasteiger partial charge in [-0.2, -0.15) is 18.2 Å². The van der Waals surface area contributed by atoms with E-state index >= 15 is 0 Å². The first-order valence-corrected chi connectivity index (χ1v) is 24.8. The van der Waals surface area contributed by atoms with Crippen LogP contribution in [0.15, 0.2) is 230 Å². The number of fused-ring (bicyclic) bond motifs is 13. The first-order valence-electron chi connectivity index (χ1n) is 31.3. The van der Waals surface area contributed by atoms with Crippen LogP contribution in [0.2, 0.25) is 0 Å². The molecule has 1 aliphatic heterocycles. The third kappa shape index (κ3) is 7.42. The fraction of sp³-hybridized carbons (Fsp3) is 0.0571. The van der Waals surface area contributed by atoms with Crippen LogP contribution < -0.4 is 9.30 Å². The van der Waals surface area contributed by atoms with Crippen molar-refractivity contribution in [3.05, 3.63) is 254 Å². The molecule has 0 unspecified atom stereocenters. The van der Waals surface area contributed by atoms with Gasteiger partial charge in [-0.25, -0.2) is 4.98 Å². The second kappa shape index (κ2) is 18.0. The van der Waals surface area contributed by atoms with Gasteiger partial charge in [0, 0.05) is 60.7 Å². The summed E-state index contributed by atoms with van der Waals surface area (Å²) in [7, 11) is 0. The van der Waals surface area contributed by atoms with Gasteiger partial charge in [-0.3, -0.25) is 4.57 Å². The fourth-order valence-corrected chi connectivity index (χ4v) is 11.0. The second-order valence-electron chi connectivity index (χ2n) is 19.8. The van der Waals surface area contributed by atoms with Gasteiger partial charge in [0.05, 0.1) is 45.6 Å². The molecule has 4 aromatic heterocycles. The average molecular weight is 1180 g/mol. The monoisotopic (exact) mass is 1180 g/mol. The zero-order valence-corrected chi connectivity index (χ0v) is 43.7. The molecule has 0 aliphatic carbocycles. The summed E-state index contributed by atoms with van der Waals surface area (Å²) >= 11 is 0. The van der Waals surface area contributed by atoms with Gasteiger partial charge in [0.1, 0.15) is 5.82 Å². The minimum absolute atomic E-state index is 0. The van der Waals surface area contributed by atoms with E-state index in [2.05, 4.69) is 60.5 Å². The largest absolute Gasteiger partial charge is 0.510 e. The Morgan fingerprint density at radius 1 is 0.506 bits per heavy atom. The zero-order chi connectivity index (χ0) is 62.0. The van der Waals surface area contributed by atoms with E-state index in [9.17, 15) is 12.3 Å². The normalized spacial score (nSPS) is 14.4. The van der Waals surface area contributed by atoms with Gasteiger partial charge in [0.25, 0.3) is 6.33 Å². The zero-order valence-electron chi connectivity index (χ0n) is 54.4. The third-order valence-electron chi connectivity index (χ3n) is 14.4. The number of hydrogen-bond acceptors (Lipinski definition) is 2. The van der Waals surface area contributed by atoms with E-state index in [-0.39, 0.29) is 87.9 Å². The summed E-state index contributed by atoms with van der Waals surface area (Å²) in [4.78, 5) is 4.85. The van der Waals surface area contributed by atoms with Crippen molar-refractivity contribution in [2.75, 3.05) is 0 Å². The smallest absolute Gasteiger partial charge is 0.268 e. The molecule has 0 amide bonds. The van der Waals surface area contributed by atoms with Crippen LogP contribution in [0.4, 0.5) is 0 Å². The molecule has 0 saturated heterocycles. The minimum atomic E-state index is -0.664. The Labute approximate surface area is 478 Å². The van der Waals surface area contributed by atoms with E-state index in [4.69, 9.17) is 15.2 Å². The Morgan fingerprint density at radius 2 is 1.09 bits per heavy atom. The summed E-state index contributed by atoms with van der Waals surface area (Å²) in [6.45, 7) is 6.47. The molecule has 0 radical (unpaired) electrons. The molecule has 0 bridgehead atoms. The molecule has 10 aromatic carbocycles. The van der Waals surface area contributed by atoms with E-state index < -0.39 is 78.6 Å². The fourth-order valence-electron chi connectivity index (χ4n) is 11.0. The van der Waals surface area contributed by atoms with Crippen LogP contribution in [0.1, 0.15) is 44.2 Å². The number of aromatic nitrogens is 5. The molecule has 7 heteroatoms. The van der Waals surface area contributed by atoms with Crippen molar-refractivity contribution in [3.8, 4) is 78.9 Å². The molecule has 370 valence electrons. The Morgan fingerprint density at radius 3 is 1.78 bits per heavy atom. The molecule has 0 saturated carbocycles. The minimum Gasteiger partial charge on any atom is -0.510 e. The van der Waals surface area contributed by atoms with Crippen LogP contribution in [0.5, 0.6) is 11.5 Å². The van der Waals surface area contributed by atoms with Gasteiger partial charge >= 0.3 is 0 Å². The molecular weight excluding hydrogens is 1120 g/mol. The van der Waals surface area contributed by atoms with Crippen molar-refractivity contribution in [1.82, 2.24) is 18.7 Å². The molecule has 15 rings (SSSR count). The van der Waals surface area contributed by atoms with Crippen molar-refractivity contribution in [1.29, 1.82) is 0 Å². The van der Waals surface area contributed by atoms with Gasteiger partial charge in [-0.1, -0.05) is 178 Å². The first kappa shape index (κ1) is 34.5. The molecule has 1 aliphatic rings. The number of para-hydroxylation sites is 4. The van der Waals surface area contributed by atoms with Gasteiger partial charge in [-0.05, 0) is 109 Å². The summed E-state index contributed by atoms with van der Waals surface area (Å²) in [5, 5.41) is 3.78. The predicted octanol–water partition coefficient (Wildman–Crippen LogP) is 17.0. The molecular formula is C70H47N5OPt-2. The first-order chi connectivity index (χ1) is 42.7. The van der Waals surface area contributed by atoms with E-state index in [0.717, 1.165) is 49.2 Å². The summed E-state index contributed by atoms with van der Waals surface area (Å²) in [5.74, 6) is 1.34. The van der Waals surface area contributed by atoms with Crippen LogP contribution in [-0.4, -0.2) is 18.7 Å². The van der Waals surface area contributed by atoms with Crippen LogP contribution in [-0.2, 0) is 26.5 Å². The summed E-state index contributed by atoms with van der Waals surface area (Å²) in [6, 6.07) is 44.8. The number of pyridine rings is 1. The molecule has 6 nitrogen and oxygen atoms in total. The Hall–Kier alpha value is -9.09. The standard InChI is InChI=1S/C70H47N5O.Pt/c1-70(2,3)46-37-38-71-67(39-46)75-64-34-16-13-29-58(64)59-36-35-50(43-65(59)75)76-49-22-17-21-47(40-49)72-44-73-68-51(45-19-5-4-6-20-45)30-18-31-60(68)54-25-9-7-23-52(54)53-24-8-10-26-55(53)61-41-48(42-66(72)69(61)73)74-62-32-14-11-27-56(62)57-28-12-15-33-63(57)74;/h4-39,41-42H,1-3H3;/q-2;/i4D,5D,6D,7D,8D,9D,10D,19D,20D,23D,24D,25D,26D;. The van der Waals surface area contributed by atoms with Crippen LogP contribution >= 0.6 is 0 Å². The van der Waals surface area contributed by atoms with Crippen LogP contribution in [0.25, 0.3) is 122 Å². The number of imidazole rings is 1. The average Bonchev–Trinajstić information content (AvgIpc) is 1.47. The van der Waals surface area contributed by atoms with E-state index in [1.165, 1.54) is 0 Å². The van der Waals surface area contributed by atoms with E-state index in [1.807, 2.05) is 97.2 Å². The van der Waals surface area contributed by atoms with E-state index in [1.54, 1.807) is 51.6 Å². The van der Waals surface area contributed by atoms with Gasteiger partial charge in [0.15, 0.2) is 0 Å². The van der Waals surface area contributed by atoms with Gasteiger partial charge in [0.2, 0.25) is 0 Å². The molecule has 14 aromatic rings. The molecule has 0 spiro atoms. The maximum atomic E-state index is 10.0. The molecule has 0 N–H and O–H groups in total. The molecule has 0 fully saturated rings. The number of benzene rings is 10. The molecule has 5 heterocycles. The topological polar surface area (TPSA) is 40.8 Å². The van der Waals surface area contributed by atoms with Gasteiger partial charge < -0.3 is 18.4 Å². The van der Waals surface area contributed by atoms with E-state index in [0.29, 0.717) is 28.5 Å². The van der Waals surface area contributed by atoms with Crippen molar-refractivity contribution in [2.24, 2.45) is 0 Å². The van der Waals surface area contributed by atoms with Crippen LogP contribution in [0.3, 0.4) is 0 Å². The third-order valence-corrected chi connectivity index (χ3v) is 14.4. The van der Waals surface area contributed by atoms with Crippen LogP contribution in [0, 0.1) is 18.5 Å². The number of ether oxygens (including phenoxy) is 1. The van der Waals surface area contributed by atoms with Crippen molar-refractivity contribution < 1.29 is 48.2 Å². The molecule has 0 atom stereocenters. The Bertz CT molecular complexity index is 5390. The maximum Gasteiger partial charge on any atom is 0.268 e. The predicted molar refractivity (Wildman–Crippen MR) is 308 cm³/mol. The Kier molecular flexibility index (Phi) is 8.08. The summed E-state index contributed by atoms with van der Waals surface area (Å²) in [6.07, 6.45) is 5.39. The summed E-state index contributed by atoms with van der Waals surface area (Å²) in [5.41, 5.74) is 5.07. The quantitative estimate of drug-likeness (QED) is 0.123. The van der Waals surface area contributed by atoms with Gasteiger partial charge in [-0.15, -0.1) is 29.7 Å². The Balaban J connectivity index is 0.00000707. The SMILES string of the molecule is [2H]c1c([2H])c([2H])c(-c2cccc3c2-[n+]2[c-]n(-c4[c-]c(Oc5[c-]c6c(cc5)c5ccccc5n6-c5cc(C(C)(C)C)ccn5)ccc4)c4cc(-n5c6ccccc6c6ccccc65)cc(c42)-c2c([2H])c([2H])c([2H])c([2H])c2-c2c([2H])c([2H])c([2H])c([2H])c2-3)c([2H])c1[2H].[Pt]. The maximum absolute atomic E-state index is 10.0. The van der Waals surface area contributed by atoms with Crippen molar-refractivity contribution >= 4 is 54.6 Å². The number of nitrogens with zero attached hydrogens (tertiary/aromatic N) is 5. The number of hydrogen-bond donors (Lipinski definition) is 0. The number of rotatable bonds is 6. The second-order valence-corrected chi connectivity index (χ2v) is 19.8. The van der Waals surface area contributed by atoms with Crippen molar-refractivity contribution in [3.63, 3.8) is 0 Å². The summed E-state index contributed by atoms with van der Waals surface area (Å²) < 4.78 is 136.